The molecule has 3 aromatic carbocycles. The Balaban J connectivity index is 1.82. The Bertz CT molecular complexity index is 924. The molecule has 0 saturated heterocycles. The second-order valence-corrected chi connectivity index (χ2v) is 6.41. The Labute approximate surface area is 160 Å². The SMILES string of the molecule is CC(Oc1ccc(F)cc1)(C(=O)O)c1ccc(Oc2ccc(Cl)cc2)cc1. The van der Waals surface area contributed by atoms with Gasteiger partial charge in [0.05, 0.1) is 0 Å². The number of halogens is 2. The van der Waals surface area contributed by atoms with E-state index in [0.29, 0.717) is 22.1 Å². The van der Waals surface area contributed by atoms with Crippen molar-refractivity contribution in [3.63, 3.8) is 0 Å². The number of rotatable bonds is 6. The van der Waals surface area contributed by atoms with Crippen molar-refractivity contribution in [3.8, 4) is 17.2 Å². The molecule has 3 aromatic rings. The van der Waals surface area contributed by atoms with Crippen molar-refractivity contribution in [2.24, 2.45) is 0 Å². The molecule has 3 rings (SSSR count). The predicted molar refractivity (Wildman–Crippen MR) is 100.0 cm³/mol. The summed E-state index contributed by atoms with van der Waals surface area (Å²) < 4.78 is 24.4. The van der Waals surface area contributed by atoms with Crippen LogP contribution in [0.1, 0.15) is 12.5 Å². The Morgan fingerprint density at radius 1 is 0.889 bits per heavy atom. The molecule has 0 saturated carbocycles. The molecule has 0 aromatic heterocycles. The summed E-state index contributed by atoms with van der Waals surface area (Å²) in [5.74, 6) is -0.199. The van der Waals surface area contributed by atoms with E-state index >= 15 is 0 Å². The molecule has 0 aliphatic rings. The minimum atomic E-state index is -1.64. The van der Waals surface area contributed by atoms with Crippen molar-refractivity contribution < 1.29 is 23.8 Å². The Hall–Kier alpha value is -3.05. The molecule has 0 amide bonds. The van der Waals surface area contributed by atoms with Crippen LogP contribution in [0, 0.1) is 5.82 Å². The van der Waals surface area contributed by atoms with Crippen LogP contribution in [0.3, 0.4) is 0 Å². The van der Waals surface area contributed by atoms with Crippen LogP contribution in [-0.4, -0.2) is 11.1 Å². The van der Waals surface area contributed by atoms with E-state index in [-0.39, 0.29) is 5.75 Å². The average Bonchev–Trinajstić information content (AvgIpc) is 2.66. The highest BCUT2D eigenvalue weighted by Crippen LogP contribution is 2.31. The highest BCUT2D eigenvalue weighted by molar-refractivity contribution is 6.30. The number of carbonyl (C=O) groups is 1. The van der Waals surface area contributed by atoms with E-state index in [9.17, 15) is 14.3 Å². The highest BCUT2D eigenvalue weighted by atomic mass is 35.5. The maximum absolute atomic E-state index is 13.1. The molecule has 1 unspecified atom stereocenters. The zero-order valence-corrected chi connectivity index (χ0v) is 15.1. The number of carboxylic acids is 1. The quantitative estimate of drug-likeness (QED) is 0.594. The maximum atomic E-state index is 13.1. The summed E-state index contributed by atoms with van der Waals surface area (Å²) in [6, 6.07) is 18.6. The zero-order chi connectivity index (χ0) is 19.4. The van der Waals surface area contributed by atoms with Crippen molar-refractivity contribution in [1.29, 1.82) is 0 Å². The van der Waals surface area contributed by atoms with Gasteiger partial charge in [-0.25, -0.2) is 9.18 Å². The van der Waals surface area contributed by atoms with Gasteiger partial charge < -0.3 is 14.6 Å². The van der Waals surface area contributed by atoms with Gasteiger partial charge in [0.25, 0.3) is 0 Å². The van der Waals surface area contributed by atoms with E-state index in [1.807, 2.05) is 0 Å². The predicted octanol–water partition coefficient (Wildman–Crippen LogP) is 5.65. The maximum Gasteiger partial charge on any atom is 0.352 e. The lowest BCUT2D eigenvalue weighted by Gasteiger charge is -2.27. The fourth-order valence-corrected chi connectivity index (χ4v) is 2.57. The van der Waals surface area contributed by atoms with Gasteiger partial charge in [-0.2, -0.15) is 0 Å². The fraction of sp³-hybridized carbons (Fsp3) is 0.0952. The molecule has 0 fully saturated rings. The summed E-state index contributed by atoms with van der Waals surface area (Å²) in [6.45, 7) is 1.44. The van der Waals surface area contributed by atoms with Crippen LogP contribution < -0.4 is 9.47 Å². The molecule has 0 radical (unpaired) electrons. The lowest BCUT2D eigenvalue weighted by molar-refractivity contribution is -0.154. The lowest BCUT2D eigenvalue weighted by Crippen LogP contribution is -2.38. The molecule has 0 aliphatic heterocycles. The van der Waals surface area contributed by atoms with Crippen LogP contribution >= 0.6 is 11.6 Å². The average molecular weight is 387 g/mol. The second kappa shape index (κ2) is 7.68. The smallest absolute Gasteiger partial charge is 0.352 e. The first-order chi connectivity index (χ1) is 12.9. The van der Waals surface area contributed by atoms with E-state index in [1.165, 1.54) is 31.2 Å². The third-order valence-electron chi connectivity index (χ3n) is 4.00. The first-order valence-electron chi connectivity index (χ1n) is 8.09. The van der Waals surface area contributed by atoms with Gasteiger partial charge in [0, 0.05) is 10.6 Å². The van der Waals surface area contributed by atoms with Crippen molar-refractivity contribution in [3.05, 3.63) is 89.2 Å². The van der Waals surface area contributed by atoms with Crippen LogP contribution in [0.2, 0.25) is 5.02 Å². The van der Waals surface area contributed by atoms with Crippen molar-refractivity contribution in [1.82, 2.24) is 0 Å². The van der Waals surface area contributed by atoms with Crippen molar-refractivity contribution in [2.45, 2.75) is 12.5 Å². The topological polar surface area (TPSA) is 55.8 Å². The number of aliphatic carboxylic acids is 1. The summed E-state index contributed by atoms with van der Waals surface area (Å²) in [6.07, 6.45) is 0. The number of hydrogen-bond donors (Lipinski definition) is 1. The minimum Gasteiger partial charge on any atom is -0.478 e. The molecule has 4 nitrogen and oxygen atoms in total. The molecule has 6 heteroatoms. The van der Waals surface area contributed by atoms with Crippen LogP contribution in [0.5, 0.6) is 17.2 Å². The van der Waals surface area contributed by atoms with Gasteiger partial charge in [0.2, 0.25) is 5.60 Å². The van der Waals surface area contributed by atoms with E-state index in [1.54, 1.807) is 48.5 Å². The van der Waals surface area contributed by atoms with Gasteiger partial charge in [-0.1, -0.05) is 23.7 Å². The molecule has 0 spiro atoms. The Morgan fingerprint density at radius 3 is 1.89 bits per heavy atom. The Morgan fingerprint density at radius 2 is 1.37 bits per heavy atom. The first-order valence-corrected chi connectivity index (χ1v) is 8.46. The molecule has 0 bridgehead atoms. The number of carboxylic acid groups (broad SMARTS) is 1. The Kier molecular flexibility index (Phi) is 5.33. The third-order valence-corrected chi connectivity index (χ3v) is 4.25. The second-order valence-electron chi connectivity index (χ2n) is 5.97. The summed E-state index contributed by atoms with van der Waals surface area (Å²) >= 11 is 5.84. The van der Waals surface area contributed by atoms with E-state index < -0.39 is 17.4 Å². The molecule has 1 atom stereocenters. The van der Waals surface area contributed by atoms with Crippen LogP contribution in [0.4, 0.5) is 4.39 Å². The van der Waals surface area contributed by atoms with Gasteiger partial charge in [0.15, 0.2) is 0 Å². The molecular formula is C21H16ClFO4. The van der Waals surface area contributed by atoms with E-state index in [0.717, 1.165) is 0 Å². The molecule has 138 valence electrons. The minimum absolute atomic E-state index is 0.253. The molecule has 1 N–H and O–H groups in total. The standard InChI is InChI=1S/C21H16ClFO4/c1-21(20(24)25,27-19-12-6-16(23)7-13-19)14-2-8-17(9-3-14)26-18-10-4-15(22)5-11-18/h2-13H,1H3,(H,24,25). The molecule has 0 heterocycles. The molecular weight excluding hydrogens is 371 g/mol. The fourth-order valence-electron chi connectivity index (χ4n) is 2.44. The van der Waals surface area contributed by atoms with Crippen LogP contribution in [0.25, 0.3) is 0 Å². The highest BCUT2D eigenvalue weighted by Gasteiger charge is 2.38. The zero-order valence-electron chi connectivity index (χ0n) is 14.4. The van der Waals surface area contributed by atoms with Gasteiger partial charge in [-0.3, -0.25) is 0 Å². The monoisotopic (exact) mass is 386 g/mol. The number of benzene rings is 3. The third kappa shape index (κ3) is 4.38. The summed E-state index contributed by atoms with van der Waals surface area (Å²) in [5.41, 5.74) is -1.22. The normalized spacial score (nSPS) is 12.9. The largest absolute Gasteiger partial charge is 0.478 e. The van der Waals surface area contributed by atoms with Gasteiger partial charge in [-0.15, -0.1) is 0 Å². The van der Waals surface area contributed by atoms with E-state index in [2.05, 4.69) is 0 Å². The first kappa shape index (κ1) is 18.7. The van der Waals surface area contributed by atoms with E-state index in [4.69, 9.17) is 21.1 Å². The summed E-state index contributed by atoms with van der Waals surface area (Å²) in [5, 5.41) is 10.3. The van der Waals surface area contributed by atoms with Gasteiger partial charge in [0.1, 0.15) is 23.1 Å². The number of ether oxygens (including phenoxy) is 2. The summed E-state index contributed by atoms with van der Waals surface area (Å²) in [7, 11) is 0. The summed E-state index contributed by atoms with van der Waals surface area (Å²) in [4.78, 5) is 11.9. The molecule has 0 aliphatic carbocycles. The van der Waals surface area contributed by atoms with Crippen molar-refractivity contribution in [2.75, 3.05) is 0 Å². The van der Waals surface area contributed by atoms with Crippen molar-refractivity contribution >= 4 is 17.6 Å². The van der Waals surface area contributed by atoms with Gasteiger partial charge in [-0.05, 0) is 67.6 Å². The van der Waals surface area contributed by atoms with Gasteiger partial charge >= 0.3 is 5.97 Å². The van der Waals surface area contributed by atoms with Crippen LogP contribution in [-0.2, 0) is 10.4 Å². The van der Waals surface area contributed by atoms with Crippen LogP contribution in [0.15, 0.2) is 72.8 Å². The number of hydrogen-bond acceptors (Lipinski definition) is 3. The molecule has 27 heavy (non-hydrogen) atoms. The lowest BCUT2D eigenvalue weighted by atomic mass is 9.95.